The molecule has 0 atom stereocenters. The van der Waals surface area contributed by atoms with Crippen molar-refractivity contribution in [3.8, 4) is 0 Å². The van der Waals surface area contributed by atoms with E-state index in [-0.39, 0.29) is 11.9 Å². The fraction of sp³-hybridized carbons (Fsp3) is 0.136. The van der Waals surface area contributed by atoms with Gasteiger partial charge in [-0.2, -0.15) is 13.2 Å². The maximum absolute atomic E-state index is 12.0. The lowest BCUT2D eigenvalue weighted by Gasteiger charge is -2.04. The van der Waals surface area contributed by atoms with Crippen LogP contribution in [0.5, 0.6) is 0 Å². The first-order chi connectivity index (χ1) is 15.6. The standard InChI is InChI=1S/C20H19N5O.C2HF3O2/c1-14-5-2-3-6-15(14)13-23-20(21)25-19(26)11-9-16-8-10-17-18(24-16)7-4-12-22-17;3-2(4,5)1(6)7/h2-12H,13H2,1H3,(H3,21,23,25,26);(H,6,7)/b11-9+;. The molecule has 1 aromatic carbocycles. The molecule has 0 unspecified atom stereocenters. The van der Waals surface area contributed by atoms with Crippen LogP contribution in [-0.4, -0.2) is 39.1 Å². The molecule has 0 aliphatic carbocycles. The zero-order valence-electron chi connectivity index (χ0n) is 17.4. The van der Waals surface area contributed by atoms with Gasteiger partial charge < -0.3 is 10.8 Å². The SMILES string of the molecule is Cc1ccccc1CN=C(N)NC(=O)/C=C/c1ccc2ncccc2n1.O=C(O)C(F)(F)F. The number of guanidine groups is 1. The van der Waals surface area contributed by atoms with Crippen molar-refractivity contribution in [1.29, 1.82) is 0 Å². The number of rotatable bonds is 4. The van der Waals surface area contributed by atoms with E-state index < -0.39 is 12.1 Å². The van der Waals surface area contributed by atoms with Crippen LogP contribution in [0.15, 0.2) is 65.8 Å². The van der Waals surface area contributed by atoms with Crippen LogP contribution in [0.4, 0.5) is 13.2 Å². The molecule has 0 bridgehead atoms. The Kier molecular flexibility index (Phi) is 8.61. The normalized spacial score (nSPS) is 11.7. The molecule has 33 heavy (non-hydrogen) atoms. The number of aryl methyl sites for hydroxylation is 1. The summed E-state index contributed by atoms with van der Waals surface area (Å²) in [4.78, 5) is 33.7. The number of carboxylic acids is 1. The van der Waals surface area contributed by atoms with Crippen molar-refractivity contribution in [2.24, 2.45) is 10.7 Å². The molecule has 1 amide bonds. The number of nitrogens with zero attached hydrogens (tertiary/aromatic N) is 3. The first-order valence-corrected chi connectivity index (χ1v) is 9.41. The van der Waals surface area contributed by atoms with Crippen molar-refractivity contribution >= 4 is 34.9 Å². The van der Waals surface area contributed by atoms with Crippen molar-refractivity contribution in [3.63, 3.8) is 0 Å². The summed E-state index contributed by atoms with van der Waals surface area (Å²) in [5.41, 5.74) is 10.2. The van der Waals surface area contributed by atoms with Crippen LogP contribution in [0.25, 0.3) is 17.1 Å². The number of aliphatic imine (C=N–C) groups is 1. The lowest BCUT2D eigenvalue weighted by atomic mass is 10.1. The van der Waals surface area contributed by atoms with Gasteiger partial charge in [0.05, 0.1) is 23.3 Å². The molecule has 172 valence electrons. The van der Waals surface area contributed by atoms with Gasteiger partial charge in [-0.25, -0.2) is 14.8 Å². The quantitative estimate of drug-likeness (QED) is 0.312. The van der Waals surface area contributed by atoms with Gasteiger partial charge in [0.25, 0.3) is 5.91 Å². The number of aliphatic carboxylic acids is 1. The number of amides is 1. The molecule has 0 aliphatic rings. The number of aromatic nitrogens is 2. The summed E-state index contributed by atoms with van der Waals surface area (Å²) in [5.74, 6) is -3.03. The molecule has 2 heterocycles. The molecule has 0 saturated carbocycles. The van der Waals surface area contributed by atoms with E-state index in [2.05, 4.69) is 20.3 Å². The summed E-state index contributed by atoms with van der Waals surface area (Å²) in [7, 11) is 0. The van der Waals surface area contributed by atoms with Crippen molar-refractivity contribution in [2.45, 2.75) is 19.6 Å². The van der Waals surface area contributed by atoms with Crippen molar-refractivity contribution in [1.82, 2.24) is 15.3 Å². The highest BCUT2D eigenvalue weighted by atomic mass is 19.4. The number of halogens is 3. The van der Waals surface area contributed by atoms with Gasteiger partial charge in [-0.15, -0.1) is 0 Å². The minimum Gasteiger partial charge on any atom is -0.475 e. The topological polar surface area (TPSA) is 131 Å². The largest absolute Gasteiger partial charge is 0.490 e. The summed E-state index contributed by atoms with van der Waals surface area (Å²) >= 11 is 0. The van der Waals surface area contributed by atoms with Gasteiger partial charge in [-0.3, -0.25) is 15.1 Å². The third-order valence-corrected chi connectivity index (χ3v) is 4.06. The van der Waals surface area contributed by atoms with Gasteiger partial charge in [0.1, 0.15) is 0 Å². The Morgan fingerprint density at radius 2 is 1.82 bits per heavy atom. The highest BCUT2D eigenvalue weighted by Gasteiger charge is 2.38. The summed E-state index contributed by atoms with van der Waals surface area (Å²) < 4.78 is 31.7. The molecule has 0 fully saturated rings. The maximum atomic E-state index is 12.0. The van der Waals surface area contributed by atoms with Gasteiger partial charge in [0.2, 0.25) is 0 Å². The van der Waals surface area contributed by atoms with E-state index in [0.29, 0.717) is 12.2 Å². The summed E-state index contributed by atoms with van der Waals surface area (Å²) in [6, 6.07) is 15.3. The van der Waals surface area contributed by atoms with Crippen LogP contribution >= 0.6 is 0 Å². The van der Waals surface area contributed by atoms with Gasteiger partial charge in [-0.1, -0.05) is 24.3 Å². The summed E-state index contributed by atoms with van der Waals surface area (Å²) in [6.45, 7) is 2.43. The number of nitrogens with two attached hydrogens (primary N) is 1. The van der Waals surface area contributed by atoms with Crippen LogP contribution in [0, 0.1) is 6.92 Å². The minimum atomic E-state index is -5.08. The molecule has 0 aliphatic heterocycles. The molecule has 2 aromatic heterocycles. The third-order valence-electron chi connectivity index (χ3n) is 4.06. The van der Waals surface area contributed by atoms with Gasteiger partial charge in [0, 0.05) is 12.3 Å². The highest BCUT2D eigenvalue weighted by molar-refractivity contribution is 6.03. The number of pyridine rings is 2. The van der Waals surface area contributed by atoms with Gasteiger partial charge in [-0.05, 0) is 48.4 Å². The Labute approximate surface area is 186 Å². The van der Waals surface area contributed by atoms with E-state index in [1.807, 2.05) is 49.4 Å². The molecule has 0 saturated heterocycles. The Balaban J connectivity index is 0.000000479. The number of hydrogen-bond donors (Lipinski definition) is 3. The fourth-order valence-corrected chi connectivity index (χ4v) is 2.39. The zero-order chi connectivity index (χ0) is 24.4. The Morgan fingerprint density at radius 3 is 2.48 bits per heavy atom. The van der Waals surface area contributed by atoms with E-state index in [9.17, 15) is 18.0 Å². The molecule has 0 spiro atoms. The van der Waals surface area contributed by atoms with Crippen LogP contribution in [0.1, 0.15) is 16.8 Å². The van der Waals surface area contributed by atoms with E-state index >= 15 is 0 Å². The number of nitrogens with one attached hydrogen (secondary N) is 1. The smallest absolute Gasteiger partial charge is 0.475 e. The maximum Gasteiger partial charge on any atom is 0.490 e. The Hall–Kier alpha value is -4.28. The van der Waals surface area contributed by atoms with Crippen LogP contribution in [0.3, 0.4) is 0 Å². The number of carbonyl (C=O) groups excluding carboxylic acids is 1. The third kappa shape index (κ3) is 8.40. The Bertz CT molecular complexity index is 1190. The average Bonchev–Trinajstić information content (AvgIpc) is 2.77. The molecular weight excluding hydrogens is 439 g/mol. The average molecular weight is 459 g/mol. The van der Waals surface area contributed by atoms with Gasteiger partial charge >= 0.3 is 12.1 Å². The summed E-state index contributed by atoms with van der Waals surface area (Å²) in [5, 5.41) is 9.66. The molecule has 4 N–H and O–H groups in total. The van der Waals surface area contributed by atoms with Crippen LogP contribution in [0.2, 0.25) is 0 Å². The number of alkyl halides is 3. The molecule has 11 heteroatoms. The Morgan fingerprint density at radius 1 is 1.12 bits per heavy atom. The van der Waals surface area contributed by atoms with E-state index in [4.69, 9.17) is 15.6 Å². The van der Waals surface area contributed by atoms with Crippen LogP contribution in [-0.2, 0) is 16.1 Å². The molecule has 3 rings (SSSR count). The summed E-state index contributed by atoms with van der Waals surface area (Å²) in [6.07, 6.45) is -0.372. The number of carboxylic acid groups (broad SMARTS) is 1. The first kappa shape index (κ1) is 25.0. The van der Waals surface area contributed by atoms with Crippen molar-refractivity contribution < 1.29 is 27.9 Å². The lowest BCUT2D eigenvalue weighted by Crippen LogP contribution is -2.35. The van der Waals surface area contributed by atoms with Gasteiger partial charge in [0.15, 0.2) is 5.96 Å². The zero-order valence-corrected chi connectivity index (χ0v) is 17.4. The predicted molar refractivity (Wildman–Crippen MR) is 117 cm³/mol. The first-order valence-electron chi connectivity index (χ1n) is 9.41. The number of benzene rings is 1. The minimum absolute atomic E-state index is 0.0820. The van der Waals surface area contributed by atoms with E-state index in [1.54, 1.807) is 18.3 Å². The second kappa shape index (κ2) is 11.4. The number of fused-ring (bicyclic) bond motifs is 1. The van der Waals surface area contributed by atoms with E-state index in [1.165, 1.54) is 6.08 Å². The molecule has 0 radical (unpaired) electrons. The monoisotopic (exact) mass is 459 g/mol. The second-order valence-electron chi connectivity index (χ2n) is 6.53. The van der Waals surface area contributed by atoms with Crippen LogP contribution < -0.4 is 11.1 Å². The lowest BCUT2D eigenvalue weighted by molar-refractivity contribution is -0.192. The molecular formula is C22H20F3N5O3. The van der Waals surface area contributed by atoms with E-state index in [0.717, 1.165) is 22.2 Å². The highest BCUT2D eigenvalue weighted by Crippen LogP contribution is 2.13. The molecule has 3 aromatic rings. The predicted octanol–water partition coefficient (Wildman–Crippen LogP) is 3.22. The number of hydrogen-bond acceptors (Lipinski definition) is 5. The second-order valence-corrected chi connectivity index (χ2v) is 6.53. The molecule has 8 nitrogen and oxygen atoms in total. The number of carbonyl (C=O) groups is 2. The van der Waals surface area contributed by atoms with Crippen molar-refractivity contribution in [2.75, 3.05) is 0 Å². The fourth-order valence-electron chi connectivity index (χ4n) is 2.39. The van der Waals surface area contributed by atoms with Crippen molar-refractivity contribution in [3.05, 3.63) is 77.6 Å².